The Morgan fingerprint density at radius 3 is 2.56 bits per heavy atom. The van der Waals surface area contributed by atoms with Crippen molar-refractivity contribution in [1.29, 1.82) is 0 Å². The van der Waals surface area contributed by atoms with Crippen LogP contribution in [-0.4, -0.2) is 34.6 Å². The highest BCUT2D eigenvalue weighted by Crippen LogP contribution is 2.38. The van der Waals surface area contributed by atoms with E-state index in [0.29, 0.717) is 19.4 Å². The summed E-state index contributed by atoms with van der Waals surface area (Å²) in [7, 11) is 0. The number of hydrogen-bond donors (Lipinski definition) is 2. The van der Waals surface area contributed by atoms with Crippen molar-refractivity contribution >= 4 is 0 Å². The average molecular weight is 130 g/mol. The van der Waals surface area contributed by atoms with Gasteiger partial charge in [-0.05, 0) is 0 Å². The van der Waals surface area contributed by atoms with Crippen molar-refractivity contribution in [3.8, 4) is 0 Å². The summed E-state index contributed by atoms with van der Waals surface area (Å²) in [4.78, 5) is 0. The highest BCUT2D eigenvalue weighted by molar-refractivity contribution is 5.02. The summed E-state index contributed by atoms with van der Waals surface area (Å²) in [5, 5.41) is 18.6. The van der Waals surface area contributed by atoms with Gasteiger partial charge < -0.3 is 14.9 Å². The molecule has 0 aromatic carbocycles. The summed E-state index contributed by atoms with van der Waals surface area (Å²) in [6.45, 7) is 0.318. The maximum absolute atomic E-state index is 9.44. The van der Waals surface area contributed by atoms with Crippen molar-refractivity contribution in [2.24, 2.45) is 0 Å². The Labute approximate surface area is 53.3 Å². The highest BCUT2D eigenvalue weighted by Gasteiger charge is 2.51. The molecule has 3 atom stereocenters. The SMILES string of the molecule is OC1CC2CC1(O)CO2. The Hall–Kier alpha value is -0.120. The maximum atomic E-state index is 9.44. The van der Waals surface area contributed by atoms with Gasteiger partial charge in [0.1, 0.15) is 5.60 Å². The Bertz CT molecular complexity index is 136. The van der Waals surface area contributed by atoms with Gasteiger partial charge in [-0.1, -0.05) is 0 Å². The van der Waals surface area contributed by atoms with Gasteiger partial charge in [0.15, 0.2) is 0 Å². The number of rotatable bonds is 0. The number of fused-ring (bicyclic) bond motifs is 2. The first kappa shape index (κ1) is 5.65. The van der Waals surface area contributed by atoms with E-state index in [1.807, 2.05) is 0 Å². The molecule has 2 N–H and O–H groups in total. The van der Waals surface area contributed by atoms with Crippen molar-refractivity contribution in [3.05, 3.63) is 0 Å². The zero-order valence-electron chi connectivity index (χ0n) is 5.08. The highest BCUT2D eigenvalue weighted by atomic mass is 16.5. The molecule has 2 fully saturated rings. The molecular formula is C6H10O3. The summed E-state index contributed by atoms with van der Waals surface area (Å²) in [5.74, 6) is 0. The topological polar surface area (TPSA) is 49.7 Å². The first-order valence-electron chi connectivity index (χ1n) is 3.23. The molecule has 0 aromatic heterocycles. The molecule has 1 aliphatic heterocycles. The van der Waals surface area contributed by atoms with E-state index in [4.69, 9.17) is 9.84 Å². The van der Waals surface area contributed by atoms with Gasteiger partial charge in [0.05, 0.1) is 18.8 Å². The minimum Gasteiger partial charge on any atom is -0.390 e. The Balaban J connectivity index is 2.22. The molecule has 0 aromatic rings. The van der Waals surface area contributed by atoms with E-state index in [-0.39, 0.29) is 6.10 Å². The molecule has 2 aliphatic rings. The van der Waals surface area contributed by atoms with E-state index in [9.17, 15) is 5.11 Å². The second-order valence-corrected chi connectivity index (χ2v) is 2.99. The van der Waals surface area contributed by atoms with Crippen molar-refractivity contribution < 1.29 is 14.9 Å². The van der Waals surface area contributed by atoms with Crippen LogP contribution >= 0.6 is 0 Å². The van der Waals surface area contributed by atoms with Gasteiger partial charge in [0.25, 0.3) is 0 Å². The Morgan fingerprint density at radius 1 is 1.56 bits per heavy atom. The minimum absolute atomic E-state index is 0.116. The van der Waals surface area contributed by atoms with Crippen LogP contribution in [0.1, 0.15) is 12.8 Å². The molecule has 1 aliphatic carbocycles. The molecule has 1 heterocycles. The standard InChI is InChI=1S/C6H10O3/c7-5-1-4-2-6(5,8)3-9-4/h4-5,7-8H,1-3H2. The third-order valence-corrected chi connectivity index (χ3v) is 2.26. The molecule has 1 saturated carbocycles. The molecular weight excluding hydrogens is 120 g/mol. The van der Waals surface area contributed by atoms with Gasteiger partial charge in [-0.15, -0.1) is 0 Å². The largest absolute Gasteiger partial charge is 0.390 e. The van der Waals surface area contributed by atoms with Gasteiger partial charge in [0, 0.05) is 12.8 Å². The molecule has 2 bridgehead atoms. The van der Waals surface area contributed by atoms with Crippen LogP contribution in [0.25, 0.3) is 0 Å². The lowest BCUT2D eigenvalue weighted by atomic mass is 10.0. The number of aliphatic hydroxyl groups is 2. The van der Waals surface area contributed by atoms with E-state index >= 15 is 0 Å². The second-order valence-electron chi connectivity index (χ2n) is 2.99. The molecule has 3 heteroatoms. The fourth-order valence-corrected chi connectivity index (χ4v) is 1.63. The summed E-state index contributed by atoms with van der Waals surface area (Å²) < 4.78 is 5.12. The summed E-state index contributed by atoms with van der Waals surface area (Å²) in [6, 6.07) is 0. The van der Waals surface area contributed by atoms with E-state index < -0.39 is 11.7 Å². The van der Waals surface area contributed by atoms with Crippen molar-refractivity contribution in [1.82, 2.24) is 0 Å². The fraction of sp³-hybridized carbons (Fsp3) is 1.00. The lowest BCUT2D eigenvalue weighted by Crippen LogP contribution is -2.41. The van der Waals surface area contributed by atoms with Crippen molar-refractivity contribution in [2.45, 2.75) is 30.7 Å². The zero-order chi connectivity index (χ0) is 6.48. The first-order valence-corrected chi connectivity index (χ1v) is 3.23. The van der Waals surface area contributed by atoms with Gasteiger partial charge in [-0.2, -0.15) is 0 Å². The van der Waals surface area contributed by atoms with Gasteiger partial charge in [-0.3, -0.25) is 0 Å². The molecule has 0 spiro atoms. The van der Waals surface area contributed by atoms with E-state index in [2.05, 4.69) is 0 Å². The number of ether oxygens (including phenoxy) is 1. The van der Waals surface area contributed by atoms with E-state index in [1.165, 1.54) is 0 Å². The summed E-state index contributed by atoms with van der Waals surface area (Å²) >= 11 is 0. The predicted molar refractivity (Wildman–Crippen MR) is 29.9 cm³/mol. The first-order chi connectivity index (χ1) is 4.21. The monoisotopic (exact) mass is 130 g/mol. The van der Waals surface area contributed by atoms with Crippen LogP contribution in [0, 0.1) is 0 Å². The Kier molecular flexibility index (Phi) is 0.928. The minimum atomic E-state index is -0.898. The van der Waals surface area contributed by atoms with Gasteiger partial charge in [0.2, 0.25) is 0 Å². The van der Waals surface area contributed by atoms with E-state index in [1.54, 1.807) is 0 Å². The number of hydrogen-bond acceptors (Lipinski definition) is 3. The molecule has 3 nitrogen and oxygen atoms in total. The molecule has 0 radical (unpaired) electrons. The second kappa shape index (κ2) is 1.48. The van der Waals surface area contributed by atoms with E-state index in [0.717, 1.165) is 0 Å². The third-order valence-electron chi connectivity index (χ3n) is 2.26. The van der Waals surface area contributed by atoms with Gasteiger partial charge in [-0.25, -0.2) is 0 Å². The number of aliphatic hydroxyl groups excluding tert-OH is 1. The van der Waals surface area contributed by atoms with Crippen LogP contribution in [0.4, 0.5) is 0 Å². The fourth-order valence-electron chi connectivity index (χ4n) is 1.63. The van der Waals surface area contributed by atoms with Gasteiger partial charge >= 0.3 is 0 Å². The van der Waals surface area contributed by atoms with Crippen LogP contribution < -0.4 is 0 Å². The summed E-state index contributed by atoms with van der Waals surface area (Å²) in [6.07, 6.45) is 0.797. The van der Waals surface area contributed by atoms with Crippen molar-refractivity contribution in [2.75, 3.05) is 6.61 Å². The lowest BCUT2D eigenvalue weighted by Gasteiger charge is -2.24. The van der Waals surface area contributed by atoms with Crippen LogP contribution in [0.5, 0.6) is 0 Å². The molecule has 0 amide bonds. The smallest absolute Gasteiger partial charge is 0.116 e. The predicted octanol–water partition coefficient (Wildman–Crippen LogP) is -0.729. The summed E-state index contributed by atoms with van der Waals surface area (Å²) in [5.41, 5.74) is -0.898. The lowest BCUT2D eigenvalue weighted by molar-refractivity contribution is -0.0991. The molecule has 2 rings (SSSR count). The molecule has 9 heavy (non-hydrogen) atoms. The third kappa shape index (κ3) is 0.625. The average Bonchev–Trinajstić information content (AvgIpc) is 2.22. The zero-order valence-corrected chi connectivity index (χ0v) is 5.08. The van der Waals surface area contributed by atoms with Crippen LogP contribution in [-0.2, 0) is 4.74 Å². The van der Waals surface area contributed by atoms with Crippen molar-refractivity contribution in [3.63, 3.8) is 0 Å². The molecule has 1 saturated heterocycles. The normalized spacial score (nSPS) is 56.7. The molecule has 3 unspecified atom stereocenters. The van der Waals surface area contributed by atoms with Crippen LogP contribution in [0.2, 0.25) is 0 Å². The maximum Gasteiger partial charge on any atom is 0.116 e. The van der Waals surface area contributed by atoms with Crippen LogP contribution in [0.3, 0.4) is 0 Å². The quantitative estimate of drug-likeness (QED) is 0.454. The van der Waals surface area contributed by atoms with Crippen LogP contribution in [0.15, 0.2) is 0 Å². The Morgan fingerprint density at radius 2 is 2.33 bits per heavy atom. The molecule has 52 valence electrons.